The molecule has 0 aliphatic rings. The van der Waals surface area contributed by atoms with Crippen LogP contribution in [0.15, 0.2) is 71.6 Å². The highest BCUT2D eigenvalue weighted by molar-refractivity contribution is 7.92. The van der Waals surface area contributed by atoms with Crippen LogP contribution >= 0.6 is 0 Å². The molecule has 1 heterocycles. The number of nitrogens with zero attached hydrogens (tertiary/aromatic N) is 1. The van der Waals surface area contributed by atoms with E-state index in [4.69, 9.17) is 0 Å². The molecule has 0 radical (unpaired) electrons. The van der Waals surface area contributed by atoms with Gasteiger partial charge in [0.25, 0.3) is 10.0 Å². The van der Waals surface area contributed by atoms with Crippen LogP contribution in [0.25, 0.3) is 5.69 Å². The molecule has 0 aliphatic heterocycles. The van der Waals surface area contributed by atoms with Gasteiger partial charge in [0, 0.05) is 22.8 Å². The second kappa shape index (κ2) is 5.93. The van der Waals surface area contributed by atoms with Gasteiger partial charge in [-0.1, -0.05) is 18.2 Å². The van der Waals surface area contributed by atoms with E-state index in [1.807, 2.05) is 26.0 Å². The molecule has 2 aromatic carbocycles. The summed E-state index contributed by atoms with van der Waals surface area (Å²) in [6.45, 7) is 4.08. The predicted octanol–water partition coefficient (Wildman–Crippen LogP) is 3.89. The minimum Gasteiger partial charge on any atom is -0.319 e. The zero-order valence-corrected chi connectivity index (χ0v) is 13.8. The van der Waals surface area contributed by atoms with Crippen molar-refractivity contribution in [3.05, 3.63) is 78.1 Å². The second-order valence-electron chi connectivity index (χ2n) is 5.42. The summed E-state index contributed by atoms with van der Waals surface area (Å²) in [4.78, 5) is 0.251. The summed E-state index contributed by atoms with van der Waals surface area (Å²) in [5.74, 6) is 0. The molecule has 0 unspecified atom stereocenters. The summed E-state index contributed by atoms with van der Waals surface area (Å²) < 4.78 is 29.3. The number of rotatable bonds is 4. The van der Waals surface area contributed by atoms with Gasteiger partial charge in [-0.25, -0.2) is 8.42 Å². The fourth-order valence-electron chi connectivity index (χ4n) is 2.57. The van der Waals surface area contributed by atoms with Crippen LogP contribution in [0.2, 0.25) is 0 Å². The predicted molar refractivity (Wildman–Crippen MR) is 92.5 cm³/mol. The first kappa shape index (κ1) is 15.4. The van der Waals surface area contributed by atoms with Crippen molar-refractivity contribution in [3.8, 4) is 5.69 Å². The molecule has 0 spiro atoms. The number of benzene rings is 2. The third-order valence-electron chi connectivity index (χ3n) is 3.70. The summed E-state index contributed by atoms with van der Waals surface area (Å²) in [6, 6.07) is 19.8. The highest BCUT2D eigenvalue weighted by Crippen LogP contribution is 2.20. The Morgan fingerprint density at radius 2 is 1.35 bits per heavy atom. The number of sulfonamides is 1. The number of aryl methyl sites for hydroxylation is 2. The topological polar surface area (TPSA) is 51.1 Å². The van der Waals surface area contributed by atoms with Gasteiger partial charge in [-0.05, 0) is 62.4 Å². The summed E-state index contributed by atoms with van der Waals surface area (Å²) in [5, 5.41) is 0. The van der Waals surface area contributed by atoms with Gasteiger partial charge in [-0.2, -0.15) is 0 Å². The normalized spacial score (nSPS) is 11.4. The molecule has 23 heavy (non-hydrogen) atoms. The van der Waals surface area contributed by atoms with Crippen molar-refractivity contribution in [1.29, 1.82) is 0 Å². The van der Waals surface area contributed by atoms with E-state index in [1.54, 1.807) is 42.5 Å². The maximum atomic E-state index is 12.3. The van der Waals surface area contributed by atoms with Crippen LogP contribution < -0.4 is 4.72 Å². The Kier molecular flexibility index (Phi) is 3.96. The molecule has 5 heteroatoms. The van der Waals surface area contributed by atoms with Crippen molar-refractivity contribution >= 4 is 15.7 Å². The number of aromatic nitrogens is 1. The minimum atomic E-state index is -3.55. The minimum absolute atomic E-state index is 0.251. The Balaban J connectivity index is 1.86. The van der Waals surface area contributed by atoms with E-state index in [0.717, 1.165) is 17.1 Å². The Bertz CT molecular complexity index is 892. The lowest BCUT2D eigenvalue weighted by Gasteiger charge is -2.12. The first-order valence-electron chi connectivity index (χ1n) is 7.31. The molecular formula is C18H18N2O2S. The molecule has 0 aliphatic carbocycles. The third kappa shape index (κ3) is 3.14. The fraction of sp³-hybridized carbons (Fsp3) is 0.111. The fourth-order valence-corrected chi connectivity index (χ4v) is 3.65. The highest BCUT2D eigenvalue weighted by Gasteiger charge is 2.13. The number of hydrogen-bond acceptors (Lipinski definition) is 2. The lowest BCUT2D eigenvalue weighted by molar-refractivity contribution is 0.601. The summed E-state index contributed by atoms with van der Waals surface area (Å²) in [6.07, 6.45) is 0. The van der Waals surface area contributed by atoms with E-state index in [0.29, 0.717) is 5.69 Å². The molecule has 118 valence electrons. The molecule has 0 atom stereocenters. The standard InChI is InChI=1S/C18H18N2O2S/c1-14-8-9-15(2)20(14)17-12-10-16(11-13-17)19-23(21,22)18-6-4-3-5-7-18/h3-13,19H,1-2H3. The maximum absolute atomic E-state index is 12.3. The van der Waals surface area contributed by atoms with E-state index < -0.39 is 10.0 Å². The van der Waals surface area contributed by atoms with Crippen LogP contribution in [0.3, 0.4) is 0 Å². The first-order valence-corrected chi connectivity index (χ1v) is 8.79. The van der Waals surface area contributed by atoms with E-state index in [9.17, 15) is 8.42 Å². The Labute approximate surface area is 136 Å². The molecule has 1 aromatic heterocycles. The molecule has 1 N–H and O–H groups in total. The molecule has 0 amide bonds. The summed E-state index contributed by atoms with van der Waals surface area (Å²) >= 11 is 0. The van der Waals surface area contributed by atoms with Crippen LogP contribution in [0, 0.1) is 13.8 Å². The van der Waals surface area contributed by atoms with Crippen molar-refractivity contribution in [3.63, 3.8) is 0 Å². The van der Waals surface area contributed by atoms with Crippen LogP contribution in [-0.2, 0) is 10.0 Å². The molecule has 0 saturated heterocycles. The number of hydrogen-bond donors (Lipinski definition) is 1. The molecule has 0 fully saturated rings. The van der Waals surface area contributed by atoms with Gasteiger partial charge in [0.1, 0.15) is 0 Å². The molecule has 0 saturated carbocycles. The number of nitrogens with one attached hydrogen (secondary N) is 1. The van der Waals surface area contributed by atoms with Crippen LogP contribution in [-0.4, -0.2) is 13.0 Å². The molecule has 4 nitrogen and oxygen atoms in total. The van der Waals surface area contributed by atoms with Crippen LogP contribution in [0.4, 0.5) is 5.69 Å². The lowest BCUT2D eigenvalue weighted by Crippen LogP contribution is -2.12. The van der Waals surface area contributed by atoms with Gasteiger partial charge < -0.3 is 4.57 Å². The average molecular weight is 326 g/mol. The van der Waals surface area contributed by atoms with Gasteiger partial charge >= 0.3 is 0 Å². The number of anilines is 1. The molecule has 3 rings (SSSR count). The van der Waals surface area contributed by atoms with Gasteiger partial charge in [0.05, 0.1) is 4.90 Å². The average Bonchev–Trinajstić information content (AvgIpc) is 2.88. The first-order chi connectivity index (χ1) is 11.0. The van der Waals surface area contributed by atoms with Crippen molar-refractivity contribution in [2.75, 3.05) is 4.72 Å². The van der Waals surface area contributed by atoms with Crippen molar-refractivity contribution in [1.82, 2.24) is 4.57 Å². The van der Waals surface area contributed by atoms with E-state index in [2.05, 4.69) is 21.4 Å². The second-order valence-corrected chi connectivity index (χ2v) is 7.10. The maximum Gasteiger partial charge on any atom is 0.261 e. The quantitative estimate of drug-likeness (QED) is 0.790. The monoisotopic (exact) mass is 326 g/mol. The molecule has 3 aromatic rings. The SMILES string of the molecule is Cc1ccc(C)n1-c1ccc(NS(=O)(=O)c2ccccc2)cc1. The van der Waals surface area contributed by atoms with Gasteiger partial charge in [-0.15, -0.1) is 0 Å². The zero-order chi connectivity index (χ0) is 16.4. The van der Waals surface area contributed by atoms with Gasteiger partial charge in [0.15, 0.2) is 0 Å². The van der Waals surface area contributed by atoms with E-state index in [-0.39, 0.29) is 4.90 Å². The molecular weight excluding hydrogens is 308 g/mol. The summed E-state index contributed by atoms with van der Waals surface area (Å²) in [7, 11) is -3.55. The van der Waals surface area contributed by atoms with Crippen LogP contribution in [0.5, 0.6) is 0 Å². The van der Waals surface area contributed by atoms with Crippen molar-refractivity contribution in [2.24, 2.45) is 0 Å². The lowest BCUT2D eigenvalue weighted by atomic mass is 10.2. The van der Waals surface area contributed by atoms with Gasteiger partial charge in [-0.3, -0.25) is 4.72 Å². The van der Waals surface area contributed by atoms with Crippen molar-refractivity contribution < 1.29 is 8.42 Å². The van der Waals surface area contributed by atoms with E-state index in [1.165, 1.54) is 0 Å². The molecule has 0 bridgehead atoms. The Morgan fingerprint density at radius 3 is 1.91 bits per heavy atom. The Morgan fingerprint density at radius 1 is 0.783 bits per heavy atom. The largest absolute Gasteiger partial charge is 0.319 e. The van der Waals surface area contributed by atoms with Gasteiger partial charge in [0.2, 0.25) is 0 Å². The van der Waals surface area contributed by atoms with Crippen LogP contribution in [0.1, 0.15) is 11.4 Å². The smallest absolute Gasteiger partial charge is 0.261 e. The zero-order valence-electron chi connectivity index (χ0n) is 13.0. The third-order valence-corrected chi connectivity index (χ3v) is 5.10. The summed E-state index contributed by atoms with van der Waals surface area (Å²) in [5.41, 5.74) is 3.83. The van der Waals surface area contributed by atoms with Crippen molar-refractivity contribution in [2.45, 2.75) is 18.7 Å². The highest BCUT2D eigenvalue weighted by atomic mass is 32.2. The van der Waals surface area contributed by atoms with E-state index >= 15 is 0 Å². The Hall–Kier alpha value is -2.53.